The van der Waals surface area contributed by atoms with Gasteiger partial charge in [0.15, 0.2) is 0 Å². The molecule has 1 aromatic carbocycles. The molecule has 92 valence electrons. The molecular formula is C12H15Cl2N3. The molecule has 17 heavy (non-hydrogen) atoms. The maximum absolute atomic E-state index is 6.07. The summed E-state index contributed by atoms with van der Waals surface area (Å²) in [6.45, 7) is 3.95. The molecule has 0 atom stereocenters. The Kier molecular flexibility index (Phi) is 4.26. The number of hydrogen-bond acceptors (Lipinski definition) is 3. The van der Waals surface area contributed by atoms with Crippen LogP contribution in [-0.4, -0.2) is 49.4 Å². The summed E-state index contributed by atoms with van der Waals surface area (Å²) < 4.78 is 0. The number of hydrazone groups is 1. The van der Waals surface area contributed by atoms with Gasteiger partial charge in [0.2, 0.25) is 0 Å². The van der Waals surface area contributed by atoms with Gasteiger partial charge in [0.05, 0.1) is 16.3 Å². The van der Waals surface area contributed by atoms with E-state index in [4.69, 9.17) is 23.2 Å². The van der Waals surface area contributed by atoms with Crippen molar-refractivity contribution in [2.45, 2.75) is 0 Å². The lowest BCUT2D eigenvalue weighted by atomic mass is 10.2. The highest BCUT2D eigenvalue weighted by Gasteiger charge is 2.11. The van der Waals surface area contributed by atoms with Crippen molar-refractivity contribution in [2.75, 3.05) is 33.2 Å². The van der Waals surface area contributed by atoms with Crippen LogP contribution in [0, 0.1) is 0 Å². The van der Waals surface area contributed by atoms with Gasteiger partial charge in [-0.2, -0.15) is 5.10 Å². The average Bonchev–Trinajstić information content (AvgIpc) is 2.31. The topological polar surface area (TPSA) is 18.8 Å². The second kappa shape index (κ2) is 5.71. The zero-order valence-corrected chi connectivity index (χ0v) is 11.2. The molecule has 3 nitrogen and oxygen atoms in total. The van der Waals surface area contributed by atoms with Crippen molar-refractivity contribution in [3.63, 3.8) is 0 Å². The summed E-state index contributed by atoms with van der Waals surface area (Å²) in [4.78, 5) is 2.29. The van der Waals surface area contributed by atoms with Crippen molar-refractivity contribution in [3.8, 4) is 0 Å². The number of halogens is 2. The van der Waals surface area contributed by atoms with E-state index in [-0.39, 0.29) is 0 Å². The Labute approximate surface area is 112 Å². The molecule has 2 rings (SSSR count). The third-order valence-electron chi connectivity index (χ3n) is 2.83. The van der Waals surface area contributed by atoms with Crippen LogP contribution >= 0.6 is 23.2 Å². The first-order chi connectivity index (χ1) is 8.16. The third kappa shape index (κ3) is 3.35. The van der Waals surface area contributed by atoms with Gasteiger partial charge < -0.3 is 4.90 Å². The number of likely N-dealkylation sites (N-methyl/N-ethyl adjacent to an activating group) is 1. The van der Waals surface area contributed by atoms with Gasteiger partial charge in [0.1, 0.15) is 0 Å². The van der Waals surface area contributed by atoms with Crippen molar-refractivity contribution in [1.82, 2.24) is 9.91 Å². The highest BCUT2D eigenvalue weighted by Crippen LogP contribution is 2.22. The van der Waals surface area contributed by atoms with Gasteiger partial charge in [-0.05, 0) is 19.2 Å². The van der Waals surface area contributed by atoms with Crippen LogP contribution in [0.2, 0.25) is 10.0 Å². The molecular weight excluding hydrogens is 257 g/mol. The Morgan fingerprint density at radius 3 is 2.29 bits per heavy atom. The minimum Gasteiger partial charge on any atom is -0.303 e. The van der Waals surface area contributed by atoms with Crippen LogP contribution in [0.4, 0.5) is 0 Å². The van der Waals surface area contributed by atoms with Crippen LogP contribution in [0.15, 0.2) is 23.3 Å². The van der Waals surface area contributed by atoms with Crippen molar-refractivity contribution >= 4 is 29.4 Å². The molecule has 0 saturated carbocycles. The molecule has 0 N–H and O–H groups in total. The van der Waals surface area contributed by atoms with Gasteiger partial charge >= 0.3 is 0 Å². The Bertz CT molecular complexity index is 392. The number of nitrogens with zero attached hydrogens (tertiary/aromatic N) is 3. The SMILES string of the molecule is CN1CCN(/N=C/c2c(Cl)cccc2Cl)CC1. The second-order valence-electron chi connectivity index (χ2n) is 4.14. The van der Waals surface area contributed by atoms with E-state index in [2.05, 4.69) is 17.0 Å². The molecule has 1 aliphatic rings. The molecule has 0 aromatic heterocycles. The first-order valence-corrected chi connectivity index (χ1v) is 6.34. The van der Waals surface area contributed by atoms with Crippen LogP contribution in [0.1, 0.15) is 5.56 Å². The fourth-order valence-corrected chi connectivity index (χ4v) is 2.18. The van der Waals surface area contributed by atoms with E-state index in [0.29, 0.717) is 10.0 Å². The largest absolute Gasteiger partial charge is 0.303 e. The van der Waals surface area contributed by atoms with Gasteiger partial charge in [0.25, 0.3) is 0 Å². The standard InChI is InChI=1S/C12H15Cl2N3/c1-16-5-7-17(8-6-16)15-9-10-11(13)3-2-4-12(10)14/h2-4,9H,5-8H2,1H3/b15-9+. The highest BCUT2D eigenvalue weighted by molar-refractivity contribution is 6.38. The lowest BCUT2D eigenvalue weighted by Crippen LogP contribution is -2.41. The molecule has 0 radical (unpaired) electrons. The van der Waals surface area contributed by atoms with Crippen molar-refractivity contribution in [2.24, 2.45) is 5.10 Å². The van der Waals surface area contributed by atoms with Crippen molar-refractivity contribution < 1.29 is 0 Å². The van der Waals surface area contributed by atoms with E-state index >= 15 is 0 Å². The van der Waals surface area contributed by atoms with E-state index in [0.717, 1.165) is 31.7 Å². The van der Waals surface area contributed by atoms with E-state index < -0.39 is 0 Å². The Morgan fingerprint density at radius 1 is 1.12 bits per heavy atom. The summed E-state index contributed by atoms with van der Waals surface area (Å²) in [6.07, 6.45) is 1.75. The molecule has 0 unspecified atom stereocenters. The number of rotatable bonds is 2. The Morgan fingerprint density at radius 2 is 1.71 bits per heavy atom. The van der Waals surface area contributed by atoms with E-state index in [1.54, 1.807) is 6.21 Å². The minimum absolute atomic E-state index is 0.635. The van der Waals surface area contributed by atoms with Crippen LogP contribution in [0.5, 0.6) is 0 Å². The highest BCUT2D eigenvalue weighted by atomic mass is 35.5. The molecule has 5 heteroatoms. The normalized spacial score (nSPS) is 17.9. The van der Waals surface area contributed by atoms with Gasteiger partial charge in [-0.3, -0.25) is 5.01 Å². The van der Waals surface area contributed by atoms with Crippen LogP contribution in [0.3, 0.4) is 0 Å². The first kappa shape index (κ1) is 12.7. The van der Waals surface area contributed by atoms with Gasteiger partial charge in [0, 0.05) is 31.7 Å². The van der Waals surface area contributed by atoms with Crippen molar-refractivity contribution in [3.05, 3.63) is 33.8 Å². The van der Waals surface area contributed by atoms with E-state index in [1.807, 2.05) is 23.2 Å². The Hall–Kier alpha value is -0.770. The summed E-state index contributed by atoms with van der Waals surface area (Å²) in [5.41, 5.74) is 0.787. The summed E-state index contributed by atoms with van der Waals surface area (Å²) in [6, 6.07) is 5.47. The molecule has 1 aromatic rings. The summed E-state index contributed by atoms with van der Waals surface area (Å²) >= 11 is 12.1. The number of piperazine rings is 1. The monoisotopic (exact) mass is 271 g/mol. The fraction of sp³-hybridized carbons (Fsp3) is 0.417. The van der Waals surface area contributed by atoms with Gasteiger partial charge in [-0.1, -0.05) is 29.3 Å². The predicted molar refractivity (Wildman–Crippen MR) is 73.1 cm³/mol. The smallest absolute Gasteiger partial charge is 0.0572 e. The van der Waals surface area contributed by atoms with Gasteiger partial charge in [-0.15, -0.1) is 0 Å². The maximum atomic E-state index is 6.07. The minimum atomic E-state index is 0.635. The van der Waals surface area contributed by atoms with Gasteiger partial charge in [-0.25, -0.2) is 0 Å². The third-order valence-corrected chi connectivity index (χ3v) is 3.49. The van der Waals surface area contributed by atoms with E-state index in [1.165, 1.54) is 0 Å². The molecule has 1 saturated heterocycles. The van der Waals surface area contributed by atoms with E-state index in [9.17, 15) is 0 Å². The lowest BCUT2D eigenvalue weighted by molar-refractivity contribution is 0.159. The second-order valence-corrected chi connectivity index (χ2v) is 4.95. The molecule has 0 aliphatic carbocycles. The summed E-state index contributed by atoms with van der Waals surface area (Å²) in [7, 11) is 2.12. The quantitative estimate of drug-likeness (QED) is 0.770. The molecule has 1 aliphatic heterocycles. The number of hydrogen-bond donors (Lipinski definition) is 0. The molecule has 1 heterocycles. The molecule has 1 fully saturated rings. The molecule has 0 spiro atoms. The van der Waals surface area contributed by atoms with Crippen LogP contribution in [0.25, 0.3) is 0 Å². The fourth-order valence-electron chi connectivity index (χ4n) is 1.68. The maximum Gasteiger partial charge on any atom is 0.0572 e. The first-order valence-electron chi connectivity index (χ1n) is 5.58. The number of benzene rings is 1. The average molecular weight is 272 g/mol. The summed E-state index contributed by atoms with van der Waals surface area (Å²) in [5, 5.41) is 7.73. The summed E-state index contributed by atoms with van der Waals surface area (Å²) in [5.74, 6) is 0. The van der Waals surface area contributed by atoms with Crippen molar-refractivity contribution in [1.29, 1.82) is 0 Å². The zero-order chi connectivity index (χ0) is 12.3. The predicted octanol–water partition coefficient (Wildman–Crippen LogP) is 2.57. The van der Waals surface area contributed by atoms with Crippen LogP contribution < -0.4 is 0 Å². The van der Waals surface area contributed by atoms with Crippen LogP contribution in [-0.2, 0) is 0 Å². The Balaban J connectivity index is 2.05. The zero-order valence-electron chi connectivity index (χ0n) is 9.74. The lowest BCUT2D eigenvalue weighted by Gasteiger charge is -2.30. The molecule has 0 bridgehead atoms. The molecule has 0 amide bonds.